The zero-order valence-electron chi connectivity index (χ0n) is 14.3. The number of carbonyl (C=O) groups is 1. The maximum Gasteiger partial charge on any atom is 0.334 e. The average molecular weight is 426 g/mol. The van der Waals surface area contributed by atoms with Crippen molar-refractivity contribution >= 4 is 32.8 Å². The van der Waals surface area contributed by atoms with E-state index in [0.717, 1.165) is 15.4 Å². The zero-order chi connectivity index (χ0) is 19.0. The van der Waals surface area contributed by atoms with Gasteiger partial charge in [0.15, 0.2) is 5.60 Å². The molecule has 0 saturated carbocycles. The molecule has 1 aliphatic rings. The molecule has 1 saturated heterocycles. The number of aromatic amines is 1. The molecule has 136 valence electrons. The molecule has 27 heavy (non-hydrogen) atoms. The Morgan fingerprint density at radius 2 is 1.89 bits per heavy atom. The Hall–Kier alpha value is -2.86. The molecule has 5 nitrogen and oxygen atoms in total. The average Bonchev–Trinajstić information content (AvgIpc) is 2.95. The van der Waals surface area contributed by atoms with Gasteiger partial charge in [-0.25, -0.2) is 4.79 Å². The lowest BCUT2D eigenvalue weighted by atomic mass is 9.90. The van der Waals surface area contributed by atoms with Gasteiger partial charge >= 0.3 is 5.97 Å². The molecule has 0 radical (unpaired) electrons. The minimum absolute atomic E-state index is 0.107. The van der Waals surface area contributed by atoms with E-state index in [0.29, 0.717) is 23.3 Å². The van der Waals surface area contributed by atoms with Crippen molar-refractivity contribution in [2.45, 2.75) is 12.0 Å². The van der Waals surface area contributed by atoms with Crippen LogP contribution in [-0.2, 0) is 15.1 Å². The summed E-state index contributed by atoms with van der Waals surface area (Å²) in [5.41, 5.74) is 0.687. The summed E-state index contributed by atoms with van der Waals surface area (Å²) in [5, 5.41) is 0.859. The predicted octanol–water partition coefficient (Wildman–Crippen LogP) is 4.07. The second kappa shape index (κ2) is 6.70. The minimum Gasteiger partial charge on any atom is -0.487 e. The molecule has 1 aromatic heterocycles. The second-order valence-corrected chi connectivity index (χ2v) is 7.42. The fourth-order valence-electron chi connectivity index (χ4n) is 3.25. The molecule has 2 aromatic carbocycles. The van der Waals surface area contributed by atoms with Gasteiger partial charge in [0.2, 0.25) is 5.56 Å². The number of hydrogen-bond acceptors (Lipinski definition) is 4. The van der Waals surface area contributed by atoms with Gasteiger partial charge < -0.3 is 14.5 Å². The largest absolute Gasteiger partial charge is 0.487 e. The Balaban J connectivity index is 1.71. The Kier molecular flexibility index (Phi) is 4.36. The summed E-state index contributed by atoms with van der Waals surface area (Å²) in [5.74, 6) is 0.100. The standard InChI is InChI=1S/C21H16BrNO4/c1-13-11-21(27-20(13)25,15-6-8-16(22)9-7-15)12-26-17-4-2-3-14-5-10-18(24)23-19(14)17/h2-10H,1,11-12H2,(H,23,24). The van der Waals surface area contributed by atoms with E-state index in [2.05, 4.69) is 27.5 Å². The number of ether oxygens (including phenoxy) is 2. The lowest BCUT2D eigenvalue weighted by Gasteiger charge is -2.28. The van der Waals surface area contributed by atoms with Crippen LogP contribution in [0.5, 0.6) is 5.75 Å². The first-order valence-corrected chi connectivity index (χ1v) is 9.18. The van der Waals surface area contributed by atoms with Crippen molar-refractivity contribution in [3.05, 3.63) is 87.1 Å². The van der Waals surface area contributed by atoms with E-state index in [1.807, 2.05) is 36.4 Å². The first-order chi connectivity index (χ1) is 13.0. The topological polar surface area (TPSA) is 68.4 Å². The van der Waals surface area contributed by atoms with Crippen molar-refractivity contribution in [3.63, 3.8) is 0 Å². The Labute approximate surface area is 163 Å². The third kappa shape index (κ3) is 3.28. The van der Waals surface area contributed by atoms with Crippen LogP contribution in [0, 0.1) is 0 Å². The van der Waals surface area contributed by atoms with E-state index < -0.39 is 11.6 Å². The highest BCUT2D eigenvalue weighted by atomic mass is 79.9. The maximum atomic E-state index is 12.1. The van der Waals surface area contributed by atoms with Crippen molar-refractivity contribution in [1.29, 1.82) is 0 Å². The molecule has 3 aromatic rings. The number of aromatic nitrogens is 1. The van der Waals surface area contributed by atoms with Crippen LogP contribution in [0.3, 0.4) is 0 Å². The highest BCUT2D eigenvalue weighted by Crippen LogP contribution is 2.40. The van der Waals surface area contributed by atoms with Crippen molar-refractivity contribution in [1.82, 2.24) is 4.98 Å². The number of benzene rings is 2. The van der Waals surface area contributed by atoms with E-state index in [4.69, 9.17) is 9.47 Å². The quantitative estimate of drug-likeness (QED) is 0.505. The number of fused-ring (bicyclic) bond motifs is 1. The smallest absolute Gasteiger partial charge is 0.334 e. The Morgan fingerprint density at radius 1 is 1.11 bits per heavy atom. The van der Waals surface area contributed by atoms with Crippen LogP contribution in [0.4, 0.5) is 0 Å². The number of carbonyl (C=O) groups excluding carboxylic acids is 1. The molecule has 2 heterocycles. The van der Waals surface area contributed by atoms with E-state index in [1.54, 1.807) is 12.1 Å². The number of esters is 1. The summed E-state index contributed by atoms with van der Waals surface area (Å²) in [6.07, 6.45) is 0.342. The Bertz CT molecular complexity index is 1090. The molecule has 6 heteroatoms. The lowest BCUT2D eigenvalue weighted by molar-refractivity contribution is -0.150. The normalized spacial score (nSPS) is 19.3. The molecule has 0 amide bonds. The van der Waals surface area contributed by atoms with E-state index >= 15 is 0 Å². The molecule has 1 unspecified atom stereocenters. The van der Waals surface area contributed by atoms with E-state index in [9.17, 15) is 9.59 Å². The molecular weight excluding hydrogens is 410 g/mol. The van der Waals surface area contributed by atoms with Crippen LogP contribution in [0.15, 0.2) is 76.0 Å². The second-order valence-electron chi connectivity index (χ2n) is 6.50. The molecule has 0 spiro atoms. The monoisotopic (exact) mass is 425 g/mol. The van der Waals surface area contributed by atoms with Crippen LogP contribution in [0.25, 0.3) is 10.9 Å². The van der Waals surface area contributed by atoms with Gasteiger partial charge in [-0.15, -0.1) is 0 Å². The molecule has 1 N–H and O–H groups in total. The number of nitrogens with one attached hydrogen (secondary N) is 1. The van der Waals surface area contributed by atoms with Crippen LogP contribution in [0.1, 0.15) is 12.0 Å². The summed E-state index contributed by atoms with van der Waals surface area (Å²) < 4.78 is 12.7. The van der Waals surface area contributed by atoms with Gasteiger partial charge in [0, 0.05) is 27.9 Å². The summed E-state index contributed by atoms with van der Waals surface area (Å²) in [7, 11) is 0. The van der Waals surface area contributed by atoms with Gasteiger partial charge in [0.05, 0.1) is 5.52 Å². The van der Waals surface area contributed by atoms with Crippen molar-refractivity contribution in [3.8, 4) is 5.75 Å². The fraction of sp³-hybridized carbons (Fsp3) is 0.143. The van der Waals surface area contributed by atoms with Gasteiger partial charge in [-0.3, -0.25) is 4.79 Å². The van der Waals surface area contributed by atoms with Crippen molar-refractivity contribution < 1.29 is 14.3 Å². The number of para-hydroxylation sites is 1. The van der Waals surface area contributed by atoms with Crippen molar-refractivity contribution in [2.24, 2.45) is 0 Å². The molecule has 1 aliphatic heterocycles. The third-order valence-corrected chi connectivity index (χ3v) is 5.16. The first kappa shape index (κ1) is 17.5. The minimum atomic E-state index is -0.952. The van der Waals surface area contributed by atoms with Gasteiger partial charge in [-0.1, -0.05) is 46.8 Å². The predicted molar refractivity (Wildman–Crippen MR) is 106 cm³/mol. The molecule has 1 atom stereocenters. The summed E-state index contributed by atoms with van der Waals surface area (Å²) in [4.78, 5) is 26.6. The number of H-pyrrole nitrogens is 1. The summed E-state index contributed by atoms with van der Waals surface area (Å²) in [6.45, 7) is 3.91. The van der Waals surface area contributed by atoms with Gasteiger partial charge in [-0.05, 0) is 29.8 Å². The van der Waals surface area contributed by atoms with Crippen LogP contribution < -0.4 is 10.3 Å². The number of halogens is 1. The van der Waals surface area contributed by atoms with Gasteiger partial charge in [-0.2, -0.15) is 0 Å². The summed E-state index contributed by atoms with van der Waals surface area (Å²) in [6, 6.07) is 16.3. The van der Waals surface area contributed by atoms with Gasteiger partial charge in [0.1, 0.15) is 12.4 Å². The van der Waals surface area contributed by atoms with Gasteiger partial charge in [0.25, 0.3) is 0 Å². The Morgan fingerprint density at radius 3 is 2.59 bits per heavy atom. The first-order valence-electron chi connectivity index (χ1n) is 8.39. The molecule has 0 aliphatic carbocycles. The van der Waals surface area contributed by atoms with Crippen LogP contribution in [-0.4, -0.2) is 17.6 Å². The maximum absolute atomic E-state index is 12.1. The summed E-state index contributed by atoms with van der Waals surface area (Å²) >= 11 is 3.41. The van der Waals surface area contributed by atoms with Crippen LogP contribution >= 0.6 is 15.9 Å². The van der Waals surface area contributed by atoms with E-state index in [1.165, 1.54) is 6.07 Å². The third-order valence-electron chi connectivity index (χ3n) is 4.63. The molecule has 4 rings (SSSR count). The number of cyclic esters (lactones) is 1. The van der Waals surface area contributed by atoms with Crippen LogP contribution in [0.2, 0.25) is 0 Å². The fourth-order valence-corrected chi connectivity index (χ4v) is 3.51. The number of rotatable bonds is 4. The number of hydrogen-bond donors (Lipinski definition) is 1. The molecule has 1 fully saturated rings. The highest BCUT2D eigenvalue weighted by molar-refractivity contribution is 9.10. The molecule has 0 bridgehead atoms. The molecular formula is C21H16BrNO4. The SMILES string of the molecule is C=C1CC(COc2cccc3ccc(=O)[nH]c23)(c2ccc(Br)cc2)OC1=O. The zero-order valence-corrected chi connectivity index (χ0v) is 15.9. The lowest BCUT2D eigenvalue weighted by Crippen LogP contribution is -2.33. The van der Waals surface area contributed by atoms with Crippen molar-refractivity contribution in [2.75, 3.05) is 6.61 Å². The number of pyridine rings is 1. The highest BCUT2D eigenvalue weighted by Gasteiger charge is 2.45. The van der Waals surface area contributed by atoms with E-state index in [-0.39, 0.29) is 12.2 Å².